The average Bonchev–Trinajstić information content (AvgIpc) is 3.29. The predicted octanol–water partition coefficient (Wildman–Crippen LogP) is 0.175. The molecule has 5 rings (SSSR count). The fourth-order valence-corrected chi connectivity index (χ4v) is 5.94. The number of epoxide rings is 2. The van der Waals surface area contributed by atoms with Gasteiger partial charge >= 0.3 is 11.9 Å². The largest absolute Gasteiger partial charge is 0.462 e. The van der Waals surface area contributed by atoms with E-state index in [9.17, 15) is 14.7 Å². The highest BCUT2D eigenvalue weighted by atomic mass is 16.7. The zero-order valence-corrected chi connectivity index (χ0v) is 14.1. The van der Waals surface area contributed by atoms with Crippen molar-refractivity contribution in [1.29, 1.82) is 0 Å². The molecule has 24 heavy (non-hydrogen) atoms. The molecule has 7 nitrogen and oxygen atoms in total. The van der Waals surface area contributed by atoms with Crippen LogP contribution in [0.5, 0.6) is 0 Å². The number of hydrogen-bond acceptors (Lipinski definition) is 7. The first kappa shape index (κ1) is 15.1. The quantitative estimate of drug-likeness (QED) is 0.538. The maximum atomic E-state index is 12.3. The summed E-state index contributed by atoms with van der Waals surface area (Å²) < 4.78 is 23.1. The van der Waals surface area contributed by atoms with Crippen molar-refractivity contribution in [3.63, 3.8) is 0 Å². The Balaban J connectivity index is 1.64. The molecule has 5 aliphatic rings. The summed E-state index contributed by atoms with van der Waals surface area (Å²) in [5.41, 5.74) is -2.42. The summed E-state index contributed by atoms with van der Waals surface area (Å²) in [6, 6.07) is 0. The summed E-state index contributed by atoms with van der Waals surface area (Å²) >= 11 is 0. The van der Waals surface area contributed by atoms with E-state index < -0.39 is 40.9 Å². The molecule has 3 saturated heterocycles. The van der Waals surface area contributed by atoms with Crippen LogP contribution in [-0.2, 0) is 28.5 Å². The van der Waals surface area contributed by atoms with E-state index in [1.54, 1.807) is 13.8 Å². The maximum Gasteiger partial charge on any atom is 0.309 e. The lowest BCUT2D eigenvalue weighted by molar-refractivity contribution is -0.155. The average molecular weight is 338 g/mol. The fourth-order valence-electron chi connectivity index (χ4n) is 5.94. The molecule has 1 N–H and O–H groups in total. The molecular formula is C17H22O7. The maximum absolute atomic E-state index is 12.3. The standard InChI is InChI=1S/C17H22O7/c1-6-9-8(21-7(2)18)5-15(3,20)17-11(10(9)22-14(6)19)16(4)12(23-16)13(17)24-17/h6,8-13,20H,5H2,1-4H3/t6-,8-,9?,10-,11-,12-,13+,15+,16+,17-/m0/s1. The van der Waals surface area contributed by atoms with Crippen molar-refractivity contribution in [2.75, 3.05) is 0 Å². The SMILES string of the molecule is CC(=O)O[C@H]1C[C@@](C)(O)[C@@]23O[C@@H]2[C@@H]2O[C@]2(C)[C@@H]3[C@H]2OC(=O)[C@@H](C)C12. The Kier molecular flexibility index (Phi) is 2.50. The van der Waals surface area contributed by atoms with Crippen LogP contribution in [0.4, 0.5) is 0 Å². The highest BCUT2D eigenvalue weighted by molar-refractivity contribution is 5.75. The van der Waals surface area contributed by atoms with Gasteiger partial charge in [-0.25, -0.2) is 0 Å². The van der Waals surface area contributed by atoms with Crippen molar-refractivity contribution in [3.05, 3.63) is 0 Å². The van der Waals surface area contributed by atoms with Crippen LogP contribution in [0.1, 0.15) is 34.1 Å². The molecule has 10 atom stereocenters. The normalized spacial score (nSPS) is 62.5. The van der Waals surface area contributed by atoms with Crippen LogP contribution in [0, 0.1) is 17.8 Å². The van der Waals surface area contributed by atoms with Crippen molar-refractivity contribution in [2.24, 2.45) is 17.8 Å². The number of ether oxygens (including phenoxy) is 4. The molecule has 1 spiro atoms. The molecule has 7 heteroatoms. The third kappa shape index (κ3) is 1.46. The van der Waals surface area contributed by atoms with Crippen molar-refractivity contribution >= 4 is 11.9 Å². The summed E-state index contributed by atoms with van der Waals surface area (Å²) in [5, 5.41) is 11.3. The lowest BCUT2D eigenvalue weighted by Gasteiger charge is -2.36. The van der Waals surface area contributed by atoms with Crippen LogP contribution in [0.3, 0.4) is 0 Å². The second-order valence-corrected chi connectivity index (χ2v) is 8.42. The molecule has 3 aliphatic heterocycles. The van der Waals surface area contributed by atoms with E-state index >= 15 is 0 Å². The summed E-state index contributed by atoms with van der Waals surface area (Å²) in [6.07, 6.45) is -1.09. The summed E-state index contributed by atoms with van der Waals surface area (Å²) in [4.78, 5) is 23.9. The molecule has 0 aromatic heterocycles. The molecule has 2 aliphatic carbocycles. The lowest BCUT2D eigenvalue weighted by atomic mass is 9.73. The molecule has 5 fully saturated rings. The third-order valence-corrected chi connectivity index (χ3v) is 7.03. The van der Waals surface area contributed by atoms with Gasteiger partial charge in [-0.2, -0.15) is 0 Å². The van der Waals surface area contributed by atoms with Crippen LogP contribution in [0.15, 0.2) is 0 Å². The Morgan fingerprint density at radius 3 is 2.67 bits per heavy atom. The minimum atomic E-state index is -1.18. The number of carbonyl (C=O) groups is 2. The van der Waals surface area contributed by atoms with Gasteiger partial charge in [0.25, 0.3) is 0 Å². The number of hydrogen-bond donors (Lipinski definition) is 1. The van der Waals surface area contributed by atoms with Gasteiger partial charge in [-0.15, -0.1) is 0 Å². The molecule has 132 valence electrons. The zero-order valence-electron chi connectivity index (χ0n) is 14.1. The van der Waals surface area contributed by atoms with E-state index in [2.05, 4.69) is 0 Å². The Hall–Kier alpha value is -1.18. The Morgan fingerprint density at radius 2 is 2.00 bits per heavy atom. The predicted molar refractivity (Wildman–Crippen MR) is 77.7 cm³/mol. The number of fused-ring (bicyclic) bond motifs is 5. The second-order valence-electron chi connectivity index (χ2n) is 8.42. The van der Waals surface area contributed by atoms with Crippen LogP contribution in [0.2, 0.25) is 0 Å². The topological polar surface area (TPSA) is 97.9 Å². The van der Waals surface area contributed by atoms with Gasteiger partial charge in [-0.1, -0.05) is 6.92 Å². The highest BCUT2D eigenvalue weighted by Gasteiger charge is 2.93. The van der Waals surface area contributed by atoms with Crippen LogP contribution < -0.4 is 0 Å². The van der Waals surface area contributed by atoms with Gasteiger partial charge in [-0.3, -0.25) is 9.59 Å². The molecule has 0 radical (unpaired) electrons. The van der Waals surface area contributed by atoms with E-state index in [-0.39, 0.29) is 36.4 Å². The molecule has 3 heterocycles. The molecule has 0 aromatic carbocycles. The highest BCUT2D eigenvalue weighted by Crippen LogP contribution is 2.75. The summed E-state index contributed by atoms with van der Waals surface area (Å²) in [7, 11) is 0. The molecule has 2 saturated carbocycles. The van der Waals surface area contributed by atoms with Gasteiger partial charge in [0.15, 0.2) is 0 Å². The van der Waals surface area contributed by atoms with E-state index in [1.807, 2.05) is 6.92 Å². The smallest absolute Gasteiger partial charge is 0.309 e. The van der Waals surface area contributed by atoms with Crippen LogP contribution in [0.25, 0.3) is 0 Å². The first-order valence-electron chi connectivity index (χ1n) is 8.59. The number of esters is 2. The van der Waals surface area contributed by atoms with Gasteiger partial charge in [0.05, 0.1) is 17.4 Å². The van der Waals surface area contributed by atoms with Gasteiger partial charge in [-0.05, 0) is 13.8 Å². The van der Waals surface area contributed by atoms with E-state index in [0.717, 1.165) is 0 Å². The van der Waals surface area contributed by atoms with E-state index in [0.29, 0.717) is 0 Å². The van der Waals surface area contributed by atoms with E-state index in [1.165, 1.54) is 6.92 Å². The number of carbonyl (C=O) groups excluding carboxylic acids is 2. The first-order chi connectivity index (χ1) is 11.1. The van der Waals surface area contributed by atoms with Gasteiger partial charge in [0.2, 0.25) is 0 Å². The molecule has 0 aromatic rings. The molecule has 0 bridgehead atoms. The third-order valence-electron chi connectivity index (χ3n) is 7.03. The summed E-state index contributed by atoms with van der Waals surface area (Å²) in [6.45, 7) is 6.87. The van der Waals surface area contributed by atoms with Crippen molar-refractivity contribution < 1.29 is 33.6 Å². The number of aliphatic hydroxyl groups is 1. The minimum absolute atomic E-state index is 0.0606. The van der Waals surface area contributed by atoms with Crippen LogP contribution >= 0.6 is 0 Å². The van der Waals surface area contributed by atoms with Crippen molar-refractivity contribution in [2.45, 2.75) is 75.3 Å². The van der Waals surface area contributed by atoms with Crippen molar-refractivity contribution in [1.82, 2.24) is 0 Å². The molecular weight excluding hydrogens is 316 g/mol. The lowest BCUT2D eigenvalue weighted by Crippen LogP contribution is -2.53. The zero-order chi connectivity index (χ0) is 17.2. The second kappa shape index (κ2) is 3.97. The Morgan fingerprint density at radius 1 is 1.29 bits per heavy atom. The molecule has 1 unspecified atom stereocenters. The van der Waals surface area contributed by atoms with Gasteiger partial charge in [0.1, 0.15) is 35.6 Å². The Bertz CT molecular complexity index is 659. The van der Waals surface area contributed by atoms with Crippen LogP contribution in [-0.4, -0.2) is 58.3 Å². The van der Waals surface area contributed by atoms with E-state index in [4.69, 9.17) is 18.9 Å². The van der Waals surface area contributed by atoms with Gasteiger partial charge < -0.3 is 24.1 Å². The summed E-state index contributed by atoms with van der Waals surface area (Å²) in [5.74, 6) is -1.67. The Labute approximate surface area is 139 Å². The number of rotatable bonds is 1. The fraction of sp³-hybridized carbons (Fsp3) is 0.882. The van der Waals surface area contributed by atoms with Crippen molar-refractivity contribution in [3.8, 4) is 0 Å². The molecule has 0 amide bonds. The van der Waals surface area contributed by atoms with Gasteiger partial charge in [0, 0.05) is 19.3 Å². The first-order valence-corrected chi connectivity index (χ1v) is 8.59. The minimum Gasteiger partial charge on any atom is -0.462 e. The monoisotopic (exact) mass is 338 g/mol.